The summed E-state index contributed by atoms with van der Waals surface area (Å²) in [7, 11) is 0. The molecule has 43 heavy (non-hydrogen) atoms. The average molecular weight is 610 g/mol. The molecule has 0 aromatic carbocycles. The third-order valence-electron chi connectivity index (χ3n) is 8.10. The van der Waals surface area contributed by atoms with E-state index in [-0.39, 0.29) is 0 Å². The molecule has 9 heteroatoms. The van der Waals surface area contributed by atoms with Crippen LogP contribution < -0.4 is 27.4 Å². The fraction of sp³-hybridized carbons (Fsp3) is 0.882. The number of nitrogens with two attached hydrogens (primary N) is 2. The Balaban J connectivity index is 4.68. The van der Waals surface area contributed by atoms with E-state index >= 15 is 0 Å². The molecule has 0 aromatic rings. The second-order valence-electron chi connectivity index (χ2n) is 12.1. The minimum atomic E-state index is -1.33. The predicted molar refractivity (Wildman–Crippen MR) is 177 cm³/mol. The first-order valence-corrected chi connectivity index (χ1v) is 17.7. The van der Waals surface area contributed by atoms with Crippen molar-refractivity contribution >= 4 is 24.0 Å². The molecule has 0 spiro atoms. The molecule has 3 unspecified atom stereocenters. The minimum absolute atomic E-state index is 0.353. The van der Waals surface area contributed by atoms with E-state index in [4.69, 9.17) is 11.5 Å². The van der Waals surface area contributed by atoms with Gasteiger partial charge >= 0.3 is 0 Å². The van der Waals surface area contributed by atoms with Gasteiger partial charge < -0.3 is 32.2 Å². The fourth-order valence-electron chi connectivity index (χ4n) is 5.22. The highest BCUT2D eigenvalue weighted by atomic mass is 16.2. The highest BCUT2D eigenvalue weighted by molar-refractivity contribution is 6.01. The number of hydrogen-bond acceptors (Lipinski definition) is 6. The zero-order chi connectivity index (χ0) is 32.0. The first kappa shape index (κ1) is 41.0. The lowest BCUT2D eigenvalue weighted by Gasteiger charge is -2.24. The molecule has 0 radical (unpaired) electrons. The van der Waals surface area contributed by atoms with Gasteiger partial charge in [-0.05, 0) is 32.2 Å². The van der Waals surface area contributed by atoms with Crippen molar-refractivity contribution in [1.29, 1.82) is 0 Å². The number of carbonyl (C=O) groups is 4. The van der Waals surface area contributed by atoms with E-state index in [1.165, 1.54) is 89.9 Å². The number of nitrogens with one attached hydrogen (secondary N) is 3. The molecular weight excluding hydrogens is 542 g/mol. The molecule has 9 nitrogen and oxygen atoms in total. The first-order chi connectivity index (χ1) is 20.9. The molecule has 0 aliphatic carbocycles. The predicted octanol–water partition coefficient (Wildman–Crippen LogP) is 5.43. The molecule has 0 saturated carbocycles. The van der Waals surface area contributed by atoms with E-state index in [1.807, 2.05) is 0 Å². The van der Waals surface area contributed by atoms with Crippen LogP contribution in [0, 0.1) is 5.92 Å². The van der Waals surface area contributed by atoms with Crippen LogP contribution in [0.15, 0.2) is 0 Å². The maximum atomic E-state index is 13.1. The number of amides is 3. The van der Waals surface area contributed by atoms with Gasteiger partial charge in [0.15, 0.2) is 0 Å². The molecule has 0 aromatic heterocycles. The van der Waals surface area contributed by atoms with Crippen molar-refractivity contribution in [2.75, 3.05) is 19.6 Å². The Morgan fingerprint density at radius 3 is 1.37 bits per heavy atom. The lowest BCUT2D eigenvalue weighted by molar-refractivity contribution is -0.138. The Kier molecular flexibility index (Phi) is 28.6. The van der Waals surface area contributed by atoms with Gasteiger partial charge in [0.1, 0.15) is 18.2 Å². The summed E-state index contributed by atoms with van der Waals surface area (Å²) in [6, 6.07) is -2.19. The highest BCUT2D eigenvalue weighted by Gasteiger charge is 2.35. The zero-order valence-corrected chi connectivity index (χ0v) is 27.8. The Morgan fingerprint density at radius 1 is 0.581 bits per heavy atom. The molecule has 0 rings (SSSR count). The zero-order valence-electron chi connectivity index (χ0n) is 27.8. The van der Waals surface area contributed by atoms with Crippen molar-refractivity contribution in [3.05, 3.63) is 0 Å². The van der Waals surface area contributed by atoms with Gasteiger partial charge in [-0.15, -0.1) is 0 Å². The van der Waals surface area contributed by atoms with Gasteiger partial charge in [-0.3, -0.25) is 14.4 Å². The summed E-state index contributed by atoms with van der Waals surface area (Å²) in [6.45, 7) is 5.69. The lowest BCUT2D eigenvalue weighted by Crippen LogP contribution is -2.58. The van der Waals surface area contributed by atoms with Gasteiger partial charge in [-0.2, -0.15) is 0 Å². The third-order valence-corrected chi connectivity index (χ3v) is 8.10. The van der Waals surface area contributed by atoms with Crippen LogP contribution in [-0.4, -0.2) is 55.7 Å². The molecule has 3 atom stereocenters. The Bertz CT molecular complexity index is 706. The summed E-state index contributed by atoms with van der Waals surface area (Å²) in [6.07, 6.45) is 25.0. The van der Waals surface area contributed by atoms with Crippen molar-refractivity contribution in [2.24, 2.45) is 17.4 Å². The molecule has 3 amide bonds. The standard InChI is InChI=1S/C34H67N5O4/c1-3-5-7-9-11-13-15-17-19-21-26-37-32(41)29(28-40)31(39-33(42)30(36)24-23-25-35)34(43)38-27-22-20-18-16-14-12-10-8-6-4-2/h28-31H,3-27,35-36H2,1-2H3,(H,37,41)(H,38,43)(H,39,42). The SMILES string of the molecule is CCCCCCCCCCCCNC(=O)C(C=O)C(NC(=O)C(N)CCCN)C(=O)NCCCCCCCCCCCC. The third kappa shape index (κ3) is 23.1. The summed E-state index contributed by atoms with van der Waals surface area (Å²) < 4.78 is 0. The van der Waals surface area contributed by atoms with E-state index < -0.39 is 35.7 Å². The second kappa shape index (κ2) is 30.0. The number of hydrogen-bond donors (Lipinski definition) is 5. The maximum Gasteiger partial charge on any atom is 0.243 e. The molecule has 0 aliphatic rings. The Morgan fingerprint density at radius 2 is 0.977 bits per heavy atom. The van der Waals surface area contributed by atoms with E-state index in [1.54, 1.807) is 0 Å². The molecule has 252 valence electrons. The van der Waals surface area contributed by atoms with Crippen LogP contribution in [0.25, 0.3) is 0 Å². The first-order valence-electron chi connectivity index (χ1n) is 17.7. The van der Waals surface area contributed by atoms with Gasteiger partial charge in [0.25, 0.3) is 0 Å². The van der Waals surface area contributed by atoms with Crippen molar-refractivity contribution < 1.29 is 19.2 Å². The maximum absolute atomic E-state index is 13.1. The van der Waals surface area contributed by atoms with Crippen LogP contribution in [0.3, 0.4) is 0 Å². The van der Waals surface area contributed by atoms with Crippen LogP contribution in [0.1, 0.15) is 155 Å². The Labute approximate surface area is 263 Å². The van der Waals surface area contributed by atoms with Gasteiger partial charge in [0.05, 0.1) is 6.04 Å². The van der Waals surface area contributed by atoms with E-state index in [2.05, 4.69) is 29.8 Å². The van der Waals surface area contributed by atoms with Gasteiger partial charge in [0, 0.05) is 13.1 Å². The quantitative estimate of drug-likeness (QED) is 0.0401. The topological polar surface area (TPSA) is 156 Å². The van der Waals surface area contributed by atoms with Crippen LogP contribution >= 0.6 is 0 Å². The van der Waals surface area contributed by atoms with Crippen LogP contribution in [-0.2, 0) is 19.2 Å². The minimum Gasteiger partial charge on any atom is -0.355 e. The molecule has 0 heterocycles. The van der Waals surface area contributed by atoms with Crippen molar-refractivity contribution in [3.63, 3.8) is 0 Å². The average Bonchev–Trinajstić information content (AvgIpc) is 3.00. The normalized spacial score (nSPS) is 13.2. The van der Waals surface area contributed by atoms with Gasteiger partial charge in [-0.25, -0.2) is 0 Å². The lowest BCUT2D eigenvalue weighted by atomic mass is 9.98. The van der Waals surface area contributed by atoms with Crippen molar-refractivity contribution in [2.45, 2.75) is 167 Å². The molecular formula is C34H67N5O4. The van der Waals surface area contributed by atoms with Crippen LogP contribution in [0.5, 0.6) is 0 Å². The largest absolute Gasteiger partial charge is 0.355 e. The second-order valence-corrected chi connectivity index (χ2v) is 12.1. The molecule has 7 N–H and O–H groups in total. The van der Waals surface area contributed by atoms with Gasteiger partial charge in [0.2, 0.25) is 17.7 Å². The fourth-order valence-corrected chi connectivity index (χ4v) is 5.22. The van der Waals surface area contributed by atoms with E-state index in [0.29, 0.717) is 38.8 Å². The summed E-state index contributed by atoms with van der Waals surface area (Å²) >= 11 is 0. The molecule has 0 fully saturated rings. The van der Waals surface area contributed by atoms with Crippen LogP contribution in [0.4, 0.5) is 0 Å². The summed E-state index contributed by atoms with van der Waals surface area (Å²) in [5.74, 6) is -2.99. The number of rotatable bonds is 31. The number of unbranched alkanes of at least 4 members (excludes halogenated alkanes) is 18. The van der Waals surface area contributed by atoms with Crippen molar-refractivity contribution in [3.8, 4) is 0 Å². The smallest absolute Gasteiger partial charge is 0.243 e. The van der Waals surface area contributed by atoms with Crippen molar-refractivity contribution in [1.82, 2.24) is 16.0 Å². The highest BCUT2D eigenvalue weighted by Crippen LogP contribution is 2.12. The summed E-state index contributed by atoms with van der Waals surface area (Å²) in [5, 5.41) is 8.20. The van der Waals surface area contributed by atoms with E-state index in [0.717, 1.165) is 38.5 Å². The Hall–Kier alpha value is -2.00. The number of aldehydes is 1. The molecule has 0 saturated heterocycles. The van der Waals surface area contributed by atoms with Gasteiger partial charge in [-0.1, -0.05) is 129 Å². The molecule has 0 aliphatic heterocycles. The summed E-state index contributed by atoms with van der Waals surface area (Å²) in [5.41, 5.74) is 11.5. The summed E-state index contributed by atoms with van der Waals surface area (Å²) in [4.78, 5) is 50.8. The monoisotopic (exact) mass is 610 g/mol. The van der Waals surface area contributed by atoms with E-state index in [9.17, 15) is 19.2 Å². The molecule has 0 bridgehead atoms. The van der Waals surface area contributed by atoms with Crippen LogP contribution in [0.2, 0.25) is 0 Å². The number of carbonyl (C=O) groups excluding carboxylic acids is 4.